The molecule has 0 aliphatic rings. The van der Waals surface area contributed by atoms with E-state index >= 15 is 0 Å². The highest BCUT2D eigenvalue weighted by Gasteiger charge is 1.99. The number of hydrogen-bond acceptors (Lipinski definition) is 5. The van der Waals surface area contributed by atoms with Gasteiger partial charge in [0.25, 0.3) is 5.56 Å². The Morgan fingerprint density at radius 1 is 0.857 bits per heavy atom. The van der Waals surface area contributed by atoms with Crippen LogP contribution in [0.1, 0.15) is 0 Å². The predicted octanol–water partition coefficient (Wildman–Crippen LogP) is 1.95. The van der Waals surface area contributed by atoms with E-state index in [-0.39, 0.29) is 5.56 Å². The number of fused-ring (bicyclic) bond motifs is 3. The number of benzene rings is 1. The van der Waals surface area contributed by atoms with Crippen LogP contribution in [0, 0.1) is 0 Å². The van der Waals surface area contributed by atoms with Gasteiger partial charge >= 0.3 is 0 Å². The molecule has 0 radical (unpaired) electrons. The van der Waals surface area contributed by atoms with Crippen LogP contribution in [0.15, 0.2) is 65.8 Å². The maximum atomic E-state index is 10.1. The van der Waals surface area contributed by atoms with Crippen molar-refractivity contribution in [3.8, 4) is 0 Å². The van der Waals surface area contributed by atoms with E-state index in [9.17, 15) is 4.79 Å². The maximum Gasteiger partial charge on any atom is 0.267 e. The quantitative estimate of drug-likeness (QED) is 0.496. The number of aromatic amines is 1. The van der Waals surface area contributed by atoms with Crippen molar-refractivity contribution in [3.63, 3.8) is 0 Å². The third kappa shape index (κ3) is 2.89. The molecule has 0 bridgehead atoms. The molecule has 0 unspecified atom stereocenters. The van der Waals surface area contributed by atoms with E-state index in [0.29, 0.717) is 0 Å². The summed E-state index contributed by atoms with van der Waals surface area (Å²) in [6.07, 6.45) is 4.95. The van der Waals surface area contributed by atoms with Gasteiger partial charge in [-0.1, -0.05) is 17.3 Å². The number of rotatable bonds is 0. The molecule has 6 nitrogen and oxygen atoms in total. The molecule has 4 rings (SSSR count). The van der Waals surface area contributed by atoms with Crippen molar-refractivity contribution in [1.29, 1.82) is 0 Å². The van der Waals surface area contributed by atoms with Gasteiger partial charge in [-0.2, -0.15) is 0 Å². The fourth-order valence-corrected chi connectivity index (χ4v) is 1.95. The number of nitrogens with one attached hydrogen (secondary N) is 1. The normalized spacial score (nSPS) is 10.1. The Bertz CT molecular complexity index is 863. The van der Waals surface area contributed by atoms with Crippen molar-refractivity contribution in [2.75, 3.05) is 0 Å². The molecule has 102 valence electrons. The lowest BCUT2D eigenvalue weighted by Crippen LogP contribution is -2.05. The molecule has 21 heavy (non-hydrogen) atoms. The monoisotopic (exact) mass is 277 g/mol. The molecule has 4 aromatic rings. The molecule has 1 aromatic carbocycles. The molecule has 0 spiro atoms. The summed E-state index contributed by atoms with van der Waals surface area (Å²) < 4.78 is 0. The first-order chi connectivity index (χ1) is 10.3. The SMILES string of the molecule is O=c1ccnn[nH]1.c1cnc2c(c1)ccc1ncccc12. The Hall–Kier alpha value is -3.15. The average molecular weight is 277 g/mol. The number of aromatic nitrogens is 5. The van der Waals surface area contributed by atoms with Crippen LogP contribution in [0.4, 0.5) is 0 Å². The van der Waals surface area contributed by atoms with E-state index < -0.39 is 0 Å². The number of H-pyrrole nitrogens is 1. The van der Waals surface area contributed by atoms with Crippen LogP contribution in [-0.4, -0.2) is 25.4 Å². The smallest absolute Gasteiger partial charge is 0.267 e. The van der Waals surface area contributed by atoms with E-state index in [2.05, 4.69) is 43.6 Å². The van der Waals surface area contributed by atoms with Crippen LogP contribution in [-0.2, 0) is 0 Å². The Kier molecular flexibility index (Phi) is 3.60. The minimum absolute atomic E-state index is 0.227. The van der Waals surface area contributed by atoms with Crippen molar-refractivity contribution in [3.05, 3.63) is 71.4 Å². The summed E-state index contributed by atoms with van der Waals surface area (Å²) >= 11 is 0. The number of hydrogen-bond donors (Lipinski definition) is 1. The first kappa shape index (κ1) is 12.9. The molecule has 3 heterocycles. The van der Waals surface area contributed by atoms with Crippen molar-refractivity contribution in [2.45, 2.75) is 0 Å². The topological polar surface area (TPSA) is 84.4 Å². The lowest BCUT2D eigenvalue weighted by molar-refractivity contribution is 0.840. The Morgan fingerprint density at radius 2 is 1.71 bits per heavy atom. The molecule has 0 saturated heterocycles. The van der Waals surface area contributed by atoms with E-state index in [1.807, 2.05) is 24.4 Å². The van der Waals surface area contributed by atoms with Gasteiger partial charge in [0.15, 0.2) is 0 Å². The zero-order chi connectivity index (χ0) is 14.5. The lowest BCUT2D eigenvalue weighted by Gasteiger charge is -2.00. The van der Waals surface area contributed by atoms with Gasteiger partial charge in [-0.25, -0.2) is 5.10 Å². The van der Waals surface area contributed by atoms with Gasteiger partial charge in [0.2, 0.25) is 0 Å². The fraction of sp³-hybridized carbons (Fsp3) is 0. The van der Waals surface area contributed by atoms with Crippen LogP contribution in [0.25, 0.3) is 21.8 Å². The summed E-state index contributed by atoms with van der Waals surface area (Å²) in [6, 6.07) is 13.4. The zero-order valence-electron chi connectivity index (χ0n) is 11.0. The third-order valence-electron chi connectivity index (χ3n) is 2.86. The molecule has 0 aliphatic heterocycles. The maximum absolute atomic E-state index is 10.1. The number of pyridine rings is 2. The summed E-state index contributed by atoms with van der Waals surface area (Å²) in [6.45, 7) is 0. The third-order valence-corrected chi connectivity index (χ3v) is 2.86. The molecular formula is C15H11N5O. The molecule has 0 amide bonds. The predicted molar refractivity (Wildman–Crippen MR) is 79.7 cm³/mol. The van der Waals surface area contributed by atoms with E-state index in [1.165, 1.54) is 12.3 Å². The molecule has 0 saturated carbocycles. The summed E-state index contributed by atoms with van der Waals surface area (Å²) in [4.78, 5) is 18.8. The average Bonchev–Trinajstić information content (AvgIpc) is 2.56. The molecule has 3 aromatic heterocycles. The molecule has 0 atom stereocenters. The molecular weight excluding hydrogens is 266 g/mol. The van der Waals surface area contributed by atoms with E-state index in [1.54, 1.807) is 6.20 Å². The summed E-state index contributed by atoms with van der Waals surface area (Å²) in [5, 5.41) is 10.9. The zero-order valence-corrected chi connectivity index (χ0v) is 11.0. The highest BCUT2D eigenvalue weighted by molar-refractivity contribution is 6.03. The second-order valence-electron chi connectivity index (χ2n) is 4.22. The van der Waals surface area contributed by atoms with Crippen molar-refractivity contribution in [1.82, 2.24) is 25.4 Å². The second-order valence-corrected chi connectivity index (χ2v) is 4.22. The van der Waals surface area contributed by atoms with E-state index in [0.717, 1.165) is 21.8 Å². The molecule has 6 heteroatoms. The molecule has 0 aliphatic carbocycles. The van der Waals surface area contributed by atoms with Gasteiger partial charge in [-0.05, 0) is 24.3 Å². The summed E-state index contributed by atoms with van der Waals surface area (Å²) in [5.41, 5.74) is 1.80. The van der Waals surface area contributed by atoms with Crippen LogP contribution >= 0.6 is 0 Å². The van der Waals surface area contributed by atoms with Crippen LogP contribution in [0.5, 0.6) is 0 Å². The largest absolute Gasteiger partial charge is 0.268 e. The second kappa shape index (κ2) is 5.87. The van der Waals surface area contributed by atoms with Gasteiger partial charge < -0.3 is 0 Å². The van der Waals surface area contributed by atoms with Crippen molar-refractivity contribution in [2.24, 2.45) is 0 Å². The van der Waals surface area contributed by atoms with Crippen LogP contribution < -0.4 is 5.56 Å². The van der Waals surface area contributed by atoms with Gasteiger partial charge in [0, 0.05) is 29.2 Å². The first-order valence-corrected chi connectivity index (χ1v) is 6.29. The number of nitrogens with zero attached hydrogens (tertiary/aromatic N) is 4. The van der Waals surface area contributed by atoms with Crippen molar-refractivity contribution >= 4 is 21.8 Å². The fourth-order valence-electron chi connectivity index (χ4n) is 1.95. The lowest BCUT2D eigenvalue weighted by atomic mass is 10.1. The standard InChI is InChI=1S/C12H8N2.C3H3N3O/c1-3-9-5-6-11-10(4-2-7-13-11)12(9)14-8-1;7-3-1-2-4-6-5-3/h1-8H;1-2H,(H,4,5,7). The highest BCUT2D eigenvalue weighted by Crippen LogP contribution is 2.20. The summed E-state index contributed by atoms with van der Waals surface area (Å²) in [7, 11) is 0. The van der Waals surface area contributed by atoms with E-state index in [4.69, 9.17) is 0 Å². The minimum atomic E-state index is -0.227. The van der Waals surface area contributed by atoms with Gasteiger partial charge in [-0.15, -0.1) is 5.10 Å². The molecule has 0 fully saturated rings. The Balaban J connectivity index is 0.000000160. The van der Waals surface area contributed by atoms with Crippen LogP contribution in [0.2, 0.25) is 0 Å². The van der Waals surface area contributed by atoms with Crippen LogP contribution in [0.3, 0.4) is 0 Å². The molecule has 1 N–H and O–H groups in total. The first-order valence-electron chi connectivity index (χ1n) is 6.29. The Labute approximate surface area is 119 Å². The minimum Gasteiger partial charge on any atom is -0.268 e. The van der Waals surface area contributed by atoms with Gasteiger partial charge in [-0.3, -0.25) is 14.8 Å². The van der Waals surface area contributed by atoms with Gasteiger partial charge in [0.05, 0.1) is 17.2 Å². The highest BCUT2D eigenvalue weighted by atomic mass is 16.1. The van der Waals surface area contributed by atoms with Gasteiger partial charge in [0.1, 0.15) is 0 Å². The summed E-state index contributed by atoms with van der Waals surface area (Å²) in [5.74, 6) is 0. The Morgan fingerprint density at radius 3 is 2.48 bits per heavy atom. The van der Waals surface area contributed by atoms with Crippen molar-refractivity contribution < 1.29 is 0 Å².